The molecule has 0 saturated carbocycles. The lowest BCUT2D eigenvalue weighted by atomic mass is 9.92. The largest absolute Gasteiger partial charge is 0.327 e. The minimum atomic E-state index is -0.265. The maximum atomic E-state index is 12.3. The molecule has 0 amide bonds. The summed E-state index contributed by atoms with van der Waals surface area (Å²) >= 11 is 0. The van der Waals surface area contributed by atoms with Gasteiger partial charge in [-0.25, -0.2) is 0 Å². The van der Waals surface area contributed by atoms with Crippen LogP contribution in [0.15, 0.2) is 18.2 Å². The van der Waals surface area contributed by atoms with Crippen LogP contribution in [0.1, 0.15) is 56.2 Å². The molecule has 1 aromatic rings. The molecule has 0 aromatic heterocycles. The van der Waals surface area contributed by atoms with Crippen molar-refractivity contribution in [3.63, 3.8) is 0 Å². The Hall–Kier alpha value is -0.703. The minimum Gasteiger partial charge on any atom is -0.327 e. The second-order valence-electron chi connectivity index (χ2n) is 4.76. The molecule has 98 valence electrons. The Kier molecular flexibility index (Phi) is 8.05. The molecule has 0 nitrogen and oxygen atoms in total. The van der Waals surface area contributed by atoms with Gasteiger partial charge in [-0.1, -0.05) is 45.9 Å². The quantitative estimate of drug-likeness (QED) is 0.571. The van der Waals surface area contributed by atoms with Crippen LogP contribution in [0, 0.1) is 0 Å². The van der Waals surface area contributed by atoms with E-state index in [-0.39, 0.29) is 17.3 Å². The summed E-state index contributed by atoms with van der Waals surface area (Å²) < 4.78 is 22.0. The lowest BCUT2D eigenvalue weighted by Gasteiger charge is -2.13. The van der Waals surface area contributed by atoms with Gasteiger partial charge >= 0.3 is 0 Å². The van der Waals surface area contributed by atoms with Crippen LogP contribution in [0.5, 0.6) is 0 Å². The second-order valence-corrected chi connectivity index (χ2v) is 4.76. The van der Waals surface area contributed by atoms with Gasteiger partial charge in [0.1, 0.15) is 0 Å². The highest BCUT2D eigenvalue weighted by Gasteiger charge is 2.06. The highest BCUT2D eigenvalue weighted by molar-refractivity contribution is 5.96. The van der Waals surface area contributed by atoms with Crippen LogP contribution < -0.4 is 0 Å². The molecule has 1 aromatic carbocycles. The van der Waals surface area contributed by atoms with Gasteiger partial charge in [-0.15, -0.1) is 0 Å². The normalized spacial score (nSPS) is 10.6. The van der Waals surface area contributed by atoms with E-state index < -0.39 is 0 Å². The van der Waals surface area contributed by atoms with E-state index in [1.54, 1.807) is 0 Å². The third-order valence-electron chi connectivity index (χ3n) is 2.75. The number of benzene rings is 1. The van der Waals surface area contributed by atoms with Crippen LogP contribution in [0.3, 0.4) is 0 Å². The number of hydrogen-bond donors (Lipinski definition) is 0. The first-order chi connectivity index (χ1) is 8.04. The van der Waals surface area contributed by atoms with Crippen LogP contribution in [0.25, 0.3) is 0 Å². The molecule has 0 fully saturated rings. The highest BCUT2D eigenvalue weighted by atomic mass is 28.2. The average Bonchev–Trinajstić information content (AvgIpc) is 2.31. The van der Waals surface area contributed by atoms with Crippen molar-refractivity contribution >= 4 is 10.6 Å². The predicted octanol–water partition coefficient (Wildman–Crippen LogP) is 3.68. The zero-order valence-electron chi connectivity index (χ0n) is 11.6. The first-order valence-electron chi connectivity index (χ1n) is 6.12. The van der Waals surface area contributed by atoms with Crippen molar-refractivity contribution in [2.24, 2.45) is 0 Å². The van der Waals surface area contributed by atoms with Crippen LogP contribution in [0.4, 0.5) is 8.50 Å². The van der Waals surface area contributed by atoms with Crippen molar-refractivity contribution in [3.8, 4) is 0 Å². The summed E-state index contributed by atoms with van der Waals surface area (Å²) in [5, 5.41) is 0. The molecular weight excluding hydrogens is 234 g/mol. The SMILES string of the molecule is CC(C)c1cc(CCF)cc(C(C)C)c1.F[SiH3]. The minimum absolute atomic E-state index is 0.194. The fraction of sp³-hybridized carbons (Fsp3) is 0.571. The first kappa shape index (κ1) is 16.3. The Balaban J connectivity index is 0.00000121. The smallest absolute Gasteiger partial charge is 0.201 e. The lowest BCUT2D eigenvalue weighted by Crippen LogP contribution is -1.97. The summed E-state index contributed by atoms with van der Waals surface area (Å²) in [5.74, 6) is 1.03. The van der Waals surface area contributed by atoms with Gasteiger partial charge in [0, 0.05) is 6.42 Å². The van der Waals surface area contributed by atoms with Crippen molar-refractivity contribution in [3.05, 3.63) is 34.9 Å². The van der Waals surface area contributed by atoms with Crippen molar-refractivity contribution < 1.29 is 8.50 Å². The van der Waals surface area contributed by atoms with Crippen LogP contribution in [-0.4, -0.2) is 17.3 Å². The van der Waals surface area contributed by atoms with Gasteiger partial charge in [-0.3, -0.25) is 4.39 Å². The Labute approximate surface area is 107 Å². The molecule has 0 radical (unpaired) electrons. The van der Waals surface area contributed by atoms with Crippen LogP contribution in [-0.2, 0) is 6.42 Å². The van der Waals surface area contributed by atoms with Crippen LogP contribution >= 0.6 is 0 Å². The van der Waals surface area contributed by atoms with E-state index in [1.807, 2.05) is 0 Å². The Morgan fingerprint density at radius 2 is 1.35 bits per heavy atom. The molecule has 0 atom stereocenters. The molecule has 0 spiro atoms. The number of aryl methyl sites for hydroxylation is 1. The van der Waals surface area contributed by atoms with Gasteiger partial charge in [0.2, 0.25) is 10.6 Å². The summed E-state index contributed by atoms with van der Waals surface area (Å²) in [4.78, 5) is 0. The van der Waals surface area contributed by atoms with Gasteiger partial charge in [0.05, 0.1) is 6.67 Å². The highest BCUT2D eigenvalue weighted by Crippen LogP contribution is 2.23. The maximum Gasteiger partial charge on any atom is 0.201 e. The van der Waals surface area contributed by atoms with E-state index in [9.17, 15) is 8.50 Å². The predicted molar refractivity (Wildman–Crippen MR) is 75.3 cm³/mol. The summed E-state index contributed by atoms with van der Waals surface area (Å²) in [6, 6.07) is 6.52. The van der Waals surface area contributed by atoms with Gasteiger partial charge < -0.3 is 4.11 Å². The average molecular weight is 258 g/mol. The molecule has 0 N–H and O–H groups in total. The second kappa shape index (κ2) is 8.40. The van der Waals surface area contributed by atoms with E-state index in [1.165, 1.54) is 11.1 Å². The molecule has 0 saturated heterocycles. The summed E-state index contributed by atoms with van der Waals surface area (Å²) in [6.07, 6.45) is 0.542. The molecule has 17 heavy (non-hydrogen) atoms. The number of rotatable bonds is 4. The topological polar surface area (TPSA) is 0 Å². The van der Waals surface area contributed by atoms with Gasteiger partial charge in [0.25, 0.3) is 0 Å². The number of alkyl halides is 1. The van der Waals surface area contributed by atoms with E-state index in [4.69, 9.17) is 0 Å². The monoisotopic (exact) mass is 258 g/mol. The zero-order valence-corrected chi connectivity index (χ0v) is 13.6. The Morgan fingerprint density at radius 3 is 1.65 bits per heavy atom. The Morgan fingerprint density at radius 1 is 0.941 bits per heavy atom. The third kappa shape index (κ3) is 5.44. The molecule has 0 aliphatic rings. The van der Waals surface area contributed by atoms with Gasteiger partial charge in [-0.05, 0) is 28.5 Å². The van der Waals surface area contributed by atoms with Crippen LogP contribution in [0.2, 0.25) is 0 Å². The van der Waals surface area contributed by atoms with E-state index in [2.05, 4.69) is 45.9 Å². The fourth-order valence-electron chi connectivity index (χ4n) is 1.67. The third-order valence-corrected chi connectivity index (χ3v) is 2.75. The number of hydrogen-bond acceptors (Lipinski definition) is 0. The zero-order chi connectivity index (χ0) is 13.4. The molecule has 3 heteroatoms. The van der Waals surface area contributed by atoms with E-state index in [0.717, 1.165) is 5.56 Å². The summed E-state index contributed by atoms with van der Waals surface area (Å²) in [5.41, 5.74) is 3.78. The molecule has 0 aliphatic heterocycles. The Bertz CT molecular complexity index is 296. The molecule has 0 bridgehead atoms. The van der Waals surface area contributed by atoms with Gasteiger partial charge in [-0.2, -0.15) is 0 Å². The molecule has 1 rings (SSSR count). The van der Waals surface area contributed by atoms with E-state index >= 15 is 0 Å². The lowest BCUT2D eigenvalue weighted by molar-refractivity contribution is 0.495. The van der Waals surface area contributed by atoms with E-state index in [0.29, 0.717) is 18.3 Å². The standard InChI is InChI=1S/C14H21F.FH3Si/c1-10(2)13-7-12(5-6-15)8-14(9-13)11(3)4;1-2/h7-11H,5-6H2,1-4H3;2H3. The first-order valence-corrected chi connectivity index (χ1v) is 6.87. The van der Waals surface area contributed by atoms with Crippen molar-refractivity contribution in [1.29, 1.82) is 0 Å². The molecule has 0 unspecified atom stereocenters. The molecular formula is C14H24F2Si. The van der Waals surface area contributed by atoms with Gasteiger partial charge in [0.15, 0.2) is 0 Å². The maximum absolute atomic E-state index is 12.3. The van der Waals surface area contributed by atoms with Crippen molar-refractivity contribution in [1.82, 2.24) is 0 Å². The fourth-order valence-corrected chi connectivity index (χ4v) is 1.67. The molecule has 0 heterocycles. The van der Waals surface area contributed by atoms with Crippen molar-refractivity contribution in [2.45, 2.75) is 46.0 Å². The summed E-state index contributed by atoms with van der Waals surface area (Å²) in [7, 11) is -0.194. The van der Waals surface area contributed by atoms with Crippen molar-refractivity contribution in [2.75, 3.05) is 6.67 Å². The summed E-state index contributed by atoms with van der Waals surface area (Å²) in [6.45, 7) is 8.45. The molecule has 0 aliphatic carbocycles. The number of halogens is 2.